The molecule has 116 valence electrons. The molecule has 0 saturated heterocycles. The Morgan fingerprint density at radius 1 is 0.900 bits per heavy atom. The molecule has 0 aromatic carbocycles. The van der Waals surface area contributed by atoms with Crippen molar-refractivity contribution in [2.45, 2.75) is 59.8 Å². The Balaban J connectivity index is -0.0000000881. The number of hydrogen-bond donors (Lipinski definition) is 0. The van der Waals surface area contributed by atoms with Gasteiger partial charge in [0.1, 0.15) is 0 Å². The molecule has 0 unspecified atom stereocenters. The molecule has 1 aliphatic rings. The predicted octanol–water partition coefficient (Wildman–Crippen LogP) is 6.43. The number of nitrogens with one attached hydrogen (secondary N) is 3. The standard InChI is InChI=1S/C7H9.3C3H8N.Ti/c1-2-7-5-3-4-6-7;3*1-2-3-4;/h3,5H,2,4H2,1H3;3*4H,2-3H2,1H3;/q4*-1;+4. The van der Waals surface area contributed by atoms with Gasteiger partial charge in [-0.3, -0.25) is 6.08 Å². The topological polar surface area (TPSA) is 71.4 Å². The summed E-state index contributed by atoms with van der Waals surface area (Å²) in [6.07, 6.45) is 12.6. The van der Waals surface area contributed by atoms with Crippen molar-refractivity contribution in [3.63, 3.8) is 0 Å². The fraction of sp³-hybridized carbons (Fsp3) is 0.750. The van der Waals surface area contributed by atoms with Gasteiger partial charge in [0.05, 0.1) is 0 Å². The van der Waals surface area contributed by atoms with Crippen LogP contribution in [0, 0.1) is 6.08 Å². The molecule has 20 heavy (non-hydrogen) atoms. The molecule has 0 radical (unpaired) electrons. The van der Waals surface area contributed by atoms with E-state index in [1.165, 1.54) is 5.57 Å². The van der Waals surface area contributed by atoms with Crippen molar-refractivity contribution in [2.24, 2.45) is 0 Å². The summed E-state index contributed by atoms with van der Waals surface area (Å²) in [6, 6.07) is 0. The van der Waals surface area contributed by atoms with Crippen LogP contribution in [0.5, 0.6) is 0 Å². The first-order valence-corrected chi connectivity index (χ1v) is 7.38. The van der Waals surface area contributed by atoms with E-state index in [4.69, 9.17) is 17.2 Å². The van der Waals surface area contributed by atoms with E-state index in [1.807, 2.05) is 20.8 Å². The van der Waals surface area contributed by atoms with Crippen LogP contribution in [0.4, 0.5) is 0 Å². The zero-order chi connectivity index (χ0) is 15.4. The Bertz CT molecular complexity index is 177. The van der Waals surface area contributed by atoms with Gasteiger partial charge in [-0.1, -0.05) is 53.4 Å². The third-order valence-electron chi connectivity index (χ3n) is 1.90. The molecule has 0 atom stereocenters. The Morgan fingerprint density at radius 2 is 1.25 bits per heavy atom. The number of rotatable bonds is 4. The van der Waals surface area contributed by atoms with Crippen molar-refractivity contribution in [1.82, 2.24) is 0 Å². The summed E-state index contributed by atoms with van der Waals surface area (Å²) in [6.45, 7) is 9.84. The number of allylic oxidation sites excluding steroid dienone is 4. The second-order valence-corrected chi connectivity index (χ2v) is 3.91. The van der Waals surface area contributed by atoms with Crippen molar-refractivity contribution in [2.75, 3.05) is 19.6 Å². The van der Waals surface area contributed by atoms with Crippen LogP contribution in [0.1, 0.15) is 59.8 Å². The fourth-order valence-corrected chi connectivity index (χ4v) is 0.693. The SMILES string of the molecule is CCC1=[C-]CC=C1.CCC[NH-].CCC[NH-].CCC[NH-].[Ti+4]. The van der Waals surface area contributed by atoms with Crippen LogP contribution < -0.4 is 0 Å². The molecule has 4 heteroatoms. The van der Waals surface area contributed by atoms with E-state index in [2.05, 4.69) is 25.2 Å². The van der Waals surface area contributed by atoms with E-state index in [1.54, 1.807) is 0 Å². The Hall–Kier alpha value is 0.0743. The predicted molar refractivity (Wildman–Crippen MR) is 89.2 cm³/mol. The Kier molecular flexibility index (Phi) is 44.5. The molecule has 1 aliphatic carbocycles. The van der Waals surface area contributed by atoms with Crippen molar-refractivity contribution < 1.29 is 21.7 Å². The maximum Gasteiger partial charge on any atom is 4.00 e. The second kappa shape index (κ2) is 31.5. The van der Waals surface area contributed by atoms with Crippen molar-refractivity contribution in [1.29, 1.82) is 0 Å². The van der Waals surface area contributed by atoms with Gasteiger partial charge in [-0.25, -0.2) is 11.6 Å². The monoisotopic (exact) mass is 315 g/mol. The summed E-state index contributed by atoms with van der Waals surface area (Å²) in [7, 11) is 0. The third-order valence-corrected chi connectivity index (χ3v) is 1.90. The summed E-state index contributed by atoms with van der Waals surface area (Å²) in [5.41, 5.74) is 20.7. The summed E-state index contributed by atoms with van der Waals surface area (Å²) in [4.78, 5) is 0. The van der Waals surface area contributed by atoms with Crippen LogP contribution in [0.3, 0.4) is 0 Å². The first-order valence-electron chi connectivity index (χ1n) is 7.38. The van der Waals surface area contributed by atoms with Gasteiger partial charge in [0.15, 0.2) is 0 Å². The summed E-state index contributed by atoms with van der Waals surface area (Å²) in [5.74, 6) is 0. The van der Waals surface area contributed by atoms with Gasteiger partial charge < -0.3 is 17.2 Å². The molecule has 0 aliphatic heterocycles. The summed E-state index contributed by atoms with van der Waals surface area (Å²) < 4.78 is 0. The smallest absolute Gasteiger partial charge is 0.677 e. The minimum Gasteiger partial charge on any atom is -0.677 e. The first-order chi connectivity index (χ1) is 9.17. The van der Waals surface area contributed by atoms with E-state index in [9.17, 15) is 0 Å². The first kappa shape index (κ1) is 28.3. The van der Waals surface area contributed by atoms with Crippen LogP contribution in [0.25, 0.3) is 17.2 Å². The van der Waals surface area contributed by atoms with Crippen LogP contribution in [0.15, 0.2) is 17.7 Å². The molecule has 0 amide bonds. The zero-order valence-corrected chi connectivity index (χ0v) is 15.4. The quantitative estimate of drug-likeness (QED) is 0.423. The van der Waals surface area contributed by atoms with Crippen LogP contribution in [-0.4, -0.2) is 19.6 Å². The molecular formula is C16H33N3Ti. The second-order valence-electron chi connectivity index (χ2n) is 3.91. The summed E-state index contributed by atoms with van der Waals surface area (Å²) in [5, 5.41) is 0. The normalized spacial score (nSPS) is 10.7. The Morgan fingerprint density at radius 3 is 1.35 bits per heavy atom. The largest absolute Gasteiger partial charge is 4.00 e. The molecule has 0 aromatic heterocycles. The minimum absolute atomic E-state index is 0. The van der Waals surface area contributed by atoms with Crippen molar-refractivity contribution >= 4 is 0 Å². The van der Waals surface area contributed by atoms with Gasteiger partial charge in [-0.15, -0.1) is 6.42 Å². The molecule has 0 bridgehead atoms. The van der Waals surface area contributed by atoms with Gasteiger partial charge in [0.2, 0.25) is 0 Å². The maximum atomic E-state index is 6.45. The Labute approximate surface area is 142 Å². The molecule has 0 aromatic rings. The molecule has 0 spiro atoms. The van der Waals surface area contributed by atoms with E-state index in [0.717, 1.165) is 32.1 Å². The van der Waals surface area contributed by atoms with Gasteiger partial charge in [0, 0.05) is 0 Å². The molecular weight excluding hydrogens is 282 g/mol. The number of hydrogen-bond acceptors (Lipinski definition) is 0. The van der Waals surface area contributed by atoms with Crippen molar-refractivity contribution in [3.05, 3.63) is 41.0 Å². The fourth-order valence-electron chi connectivity index (χ4n) is 0.693. The molecule has 0 saturated carbocycles. The average molecular weight is 315 g/mol. The van der Waals surface area contributed by atoms with E-state index < -0.39 is 0 Å². The van der Waals surface area contributed by atoms with Gasteiger partial charge in [-0.2, -0.15) is 25.7 Å². The van der Waals surface area contributed by atoms with E-state index in [-0.39, 0.29) is 21.7 Å². The van der Waals surface area contributed by atoms with Crippen molar-refractivity contribution in [3.8, 4) is 0 Å². The molecule has 3 nitrogen and oxygen atoms in total. The van der Waals surface area contributed by atoms with Crippen LogP contribution >= 0.6 is 0 Å². The molecule has 3 N–H and O–H groups in total. The van der Waals surface area contributed by atoms with Gasteiger partial charge in [0.25, 0.3) is 0 Å². The van der Waals surface area contributed by atoms with Gasteiger partial charge in [-0.05, 0) is 0 Å². The third kappa shape index (κ3) is 36.1. The molecule has 1 rings (SSSR count). The van der Waals surface area contributed by atoms with Gasteiger partial charge >= 0.3 is 21.7 Å². The molecule has 0 heterocycles. The minimum atomic E-state index is 0. The summed E-state index contributed by atoms with van der Waals surface area (Å²) >= 11 is 0. The van der Waals surface area contributed by atoms with E-state index in [0.29, 0.717) is 19.6 Å². The van der Waals surface area contributed by atoms with E-state index >= 15 is 0 Å². The van der Waals surface area contributed by atoms with Crippen LogP contribution in [0.2, 0.25) is 0 Å². The maximum absolute atomic E-state index is 6.45. The zero-order valence-electron chi connectivity index (χ0n) is 13.8. The average Bonchev–Trinajstić information content (AvgIpc) is 3.01. The molecule has 0 fully saturated rings. The van der Waals surface area contributed by atoms with Crippen LogP contribution in [-0.2, 0) is 21.7 Å².